The highest BCUT2D eigenvalue weighted by molar-refractivity contribution is 5.65. The van der Waals surface area contributed by atoms with Crippen LogP contribution >= 0.6 is 0 Å². The molecule has 0 aliphatic rings. The smallest absolute Gasteiger partial charge is 0.0323 e. The van der Waals surface area contributed by atoms with Crippen LogP contribution < -0.4 is 5.32 Å². The van der Waals surface area contributed by atoms with Gasteiger partial charge >= 0.3 is 0 Å². The van der Waals surface area contributed by atoms with Crippen LogP contribution in [-0.2, 0) is 25.7 Å². The van der Waals surface area contributed by atoms with Gasteiger partial charge in [-0.05, 0) is 114 Å². The molecule has 0 amide bonds. The van der Waals surface area contributed by atoms with Gasteiger partial charge in [0.25, 0.3) is 0 Å². The van der Waals surface area contributed by atoms with E-state index in [1.165, 1.54) is 55.6 Å². The third kappa shape index (κ3) is 9.13. The maximum Gasteiger partial charge on any atom is 0.0323 e. The Morgan fingerprint density at radius 1 is 0.551 bits per heavy atom. The second kappa shape index (κ2) is 16.9. The molecule has 0 fully saturated rings. The molecule has 3 atom stereocenters. The Morgan fingerprint density at radius 2 is 1.10 bits per heavy atom. The summed E-state index contributed by atoms with van der Waals surface area (Å²) >= 11 is 0. The standard InChI is InChI=1S/C48H49N/c1-36-17-13-14-24-43(36)34-46(33-38-18-7-4-8-19-38)47-26-16-15-25-44(47)31-39-27-29-40(30-28-39)32-45(37(2)41-20-9-5-10-21-41)35-48(49-3)42-22-11-6-12-23-42/h4-30,45-46,48-49H,2,31-35H2,1,3H3. The van der Waals surface area contributed by atoms with E-state index in [-0.39, 0.29) is 6.04 Å². The minimum absolute atomic E-state index is 0.256. The lowest BCUT2D eigenvalue weighted by Crippen LogP contribution is -2.21. The molecule has 0 aliphatic heterocycles. The van der Waals surface area contributed by atoms with Crippen LogP contribution in [0, 0.1) is 12.8 Å². The van der Waals surface area contributed by atoms with Crippen molar-refractivity contribution in [3.05, 3.63) is 220 Å². The van der Waals surface area contributed by atoms with E-state index in [0.717, 1.165) is 32.1 Å². The van der Waals surface area contributed by atoms with Crippen LogP contribution in [-0.4, -0.2) is 7.05 Å². The van der Waals surface area contributed by atoms with Crippen LogP contribution in [0.25, 0.3) is 5.57 Å². The zero-order chi connectivity index (χ0) is 33.8. The quantitative estimate of drug-likeness (QED) is 0.118. The van der Waals surface area contributed by atoms with Crippen molar-refractivity contribution in [3.63, 3.8) is 0 Å². The SMILES string of the molecule is C=C(c1ccccc1)C(Cc1ccc(Cc2ccccc2C(Cc2ccccc2)Cc2ccccc2C)cc1)CC(NC)c1ccccc1. The molecule has 246 valence electrons. The van der Waals surface area contributed by atoms with Crippen molar-refractivity contribution in [2.45, 2.75) is 51.0 Å². The van der Waals surface area contributed by atoms with Crippen molar-refractivity contribution in [3.8, 4) is 0 Å². The topological polar surface area (TPSA) is 12.0 Å². The van der Waals surface area contributed by atoms with E-state index < -0.39 is 0 Å². The third-order valence-electron chi connectivity index (χ3n) is 10.2. The molecule has 0 aliphatic carbocycles. The minimum Gasteiger partial charge on any atom is -0.313 e. The van der Waals surface area contributed by atoms with Gasteiger partial charge in [-0.3, -0.25) is 0 Å². The summed E-state index contributed by atoms with van der Waals surface area (Å²) in [6.45, 7) is 6.88. The van der Waals surface area contributed by atoms with E-state index >= 15 is 0 Å². The van der Waals surface area contributed by atoms with Gasteiger partial charge in [-0.15, -0.1) is 0 Å². The maximum absolute atomic E-state index is 4.64. The fourth-order valence-corrected chi connectivity index (χ4v) is 7.31. The molecule has 49 heavy (non-hydrogen) atoms. The second-order valence-corrected chi connectivity index (χ2v) is 13.5. The average molecular weight is 640 g/mol. The first-order valence-corrected chi connectivity index (χ1v) is 17.8. The zero-order valence-electron chi connectivity index (χ0n) is 29.1. The molecule has 0 radical (unpaired) electrons. The van der Waals surface area contributed by atoms with E-state index in [2.05, 4.69) is 190 Å². The van der Waals surface area contributed by atoms with Crippen molar-refractivity contribution < 1.29 is 0 Å². The van der Waals surface area contributed by atoms with E-state index in [0.29, 0.717) is 11.8 Å². The zero-order valence-corrected chi connectivity index (χ0v) is 29.1. The van der Waals surface area contributed by atoms with Crippen molar-refractivity contribution in [2.24, 2.45) is 5.92 Å². The number of hydrogen-bond acceptors (Lipinski definition) is 1. The number of hydrogen-bond donors (Lipinski definition) is 1. The lowest BCUT2D eigenvalue weighted by molar-refractivity contribution is 0.469. The first-order chi connectivity index (χ1) is 24.1. The molecule has 6 aromatic carbocycles. The van der Waals surface area contributed by atoms with Crippen molar-refractivity contribution in [2.75, 3.05) is 7.05 Å². The van der Waals surface area contributed by atoms with Gasteiger partial charge in [0.2, 0.25) is 0 Å². The van der Waals surface area contributed by atoms with Crippen LogP contribution in [0.3, 0.4) is 0 Å². The molecule has 1 N–H and O–H groups in total. The highest BCUT2D eigenvalue weighted by Gasteiger charge is 2.22. The molecule has 0 aromatic heterocycles. The molecule has 0 spiro atoms. The van der Waals surface area contributed by atoms with Gasteiger partial charge in [0.05, 0.1) is 0 Å². The highest BCUT2D eigenvalue weighted by Crippen LogP contribution is 2.34. The summed E-state index contributed by atoms with van der Waals surface area (Å²) in [7, 11) is 2.07. The summed E-state index contributed by atoms with van der Waals surface area (Å²) in [6.07, 6.45) is 4.90. The molecular formula is C48H49N. The van der Waals surface area contributed by atoms with Crippen LogP contribution in [0.2, 0.25) is 0 Å². The van der Waals surface area contributed by atoms with E-state index in [1.54, 1.807) is 0 Å². The van der Waals surface area contributed by atoms with Gasteiger partial charge in [-0.25, -0.2) is 0 Å². The Labute approximate surface area is 294 Å². The van der Waals surface area contributed by atoms with E-state index in [9.17, 15) is 0 Å². The Kier molecular flexibility index (Phi) is 11.7. The summed E-state index contributed by atoms with van der Waals surface area (Å²) in [5, 5.41) is 3.58. The molecule has 0 saturated heterocycles. The molecule has 3 unspecified atom stereocenters. The molecule has 6 aromatic rings. The fourth-order valence-electron chi connectivity index (χ4n) is 7.31. The number of aryl methyl sites for hydroxylation is 1. The largest absolute Gasteiger partial charge is 0.313 e. The number of rotatable bonds is 15. The molecule has 1 heteroatoms. The number of nitrogens with one attached hydrogen (secondary N) is 1. The van der Waals surface area contributed by atoms with E-state index in [1.807, 2.05) is 0 Å². The number of allylic oxidation sites excluding steroid dienone is 1. The normalized spacial score (nSPS) is 13.0. The van der Waals surface area contributed by atoms with Crippen molar-refractivity contribution in [1.29, 1.82) is 0 Å². The summed E-state index contributed by atoms with van der Waals surface area (Å²) in [6, 6.07) is 60.0. The second-order valence-electron chi connectivity index (χ2n) is 13.5. The molecular weight excluding hydrogens is 591 g/mol. The Morgan fingerprint density at radius 3 is 1.78 bits per heavy atom. The van der Waals surface area contributed by atoms with Crippen molar-refractivity contribution >= 4 is 5.57 Å². The van der Waals surface area contributed by atoms with Gasteiger partial charge in [0.15, 0.2) is 0 Å². The molecule has 0 heterocycles. The van der Waals surface area contributed by atoms with Gasteiger partial charge in [0, 0.05) is 6.04 Å². The average Bonchev–Trinajstić information content (AvgIpc) is 3.16. The maximum atomic E-state index is 4.64. The first-order valence-electron chi connectivity index (χ1n) is 17.8. The fraction of sp³-hybridized carbons (Fsp3) is 0.208. The van der Waals surface area contributed by atoms with Gasteiger partial charge in [0.1, 0.15) is 0 Å². The molecule has 0 bridgehead atoms. The first kappa shape index (κ1) is 33.9. The van der Waals surface area contributed by atoms with Gasteiger partial charge in [-0.1, -0.05) is 170 Å². The van der Waals surface area contributed by atoms with Crippen LogP contribution in [0.4, 0.5) is 0 Å². The Balaban J connectivity index is 1.23. The van der Waals surface area contributed by atoms with Gasteiger partial charge < -0.3 is 5.32 Å². The van der Waals surface area contributed by atoms with Crippen LogP contribution in [0.15, 0.2) is 170 Å². The Hall–Kier alpha value is -4.98. The summed E-state index contributed by atoms with van der Waals surface area (Å²) in [5.74, 6) is 0.695. The van der Waals surface area contributed by atoms with Crippen LogP contribution in [0.5, 0.6) is 0 Å². The molecule has 6 rings (SSSR count). The third-order valence-corrected chi connectivity index (χ3v) is 10.2. The predicted octanol–water partition coefficient (Wildman–Crippen LogP) is 11.4. The van der Waals surface area contributed by atoms with E-state index in [4.69, 9.17) is 0 Å². The highest BCUT2D eigenvalue weighted by atomic mass is 14.9. The summed E-state index contributed by atoms with van der Waals surface area (Å²) in [4.78, 5) is 0. The van der Waals surface area contributed by atoms with Crippen LogP contribution in [0.1, 0.15) is 68.5 Å². The molecule has 1 nitrogen and oxygen atoms in total. The summed E-state index contributed by atoms with van der Waals surface area (Å²) < 4.78 is 0. The predicted molar refractivity (Wildman–Crippen MR) is 209 cm³/mol. The Bertz CT molecular complexity index is 1890. The lowest BCUT2D eigenvalue weighted by atomic mass is 9.81. The summed E-state index contributed by atoms with van der Waals surface area (Å²) in [5.41, 5.74) is 13.5. The minimum atomic E-state index is 0.256. The van der Waals surface area contributed by atoms with Crippen molar-refractivity contribution in [1.82, 2.24) is 5.32 Å². The molecule has 0 saturated carbocycles. The van der Waals surface area contributed by atoms with Gasteiger partial charge in [-0.2, -0.15) is 0 Å². The lowest BCUT2D eigenvalue weighted by Gasteiger charge is -2.26. The number of benzene rings is 6. The monoisotopic (exact) mass is 639 g/mol.